The van der Waals surface area contributed by atoms with Crippen molar-refractivity contribution in [2.75, 3.05) is 20.3 Å². The van der Waals surface area contributed by atoms with Gasteiger partial charge in [-0.2, -0.15) is 0 Å². The number of carbonyl (C=O) groups is 4. The van der Waals surface area contributed by atoms with Gasteiger partial charge >= 0.3 is 12.1 Å². The molecule has 4 fully saturated rings. The lowest BCUT2D eigenvalue weighted by Gasteiger charge is -2.71. The number of hydrogen-bond donors (Lipinski definition) is 2. The Bertz CT molecular complexity index is 1270. The van der Waals surface area contributed by atoms with Crippen molar-refractivity contribution in [2.24, 2.45) is 50.7 Å². The molecule has 0 heterocycles. The van der Waals surface area contributed by atoms with Crippen LogP contribution in [0.25, 0.3) is 0 Å². The molecule has 0 bridgehead atoms. The first-order valence-corrected chi connectivity index (χ1v) is 16.5. The molecule has 9 heteroatoms. The molecule has 5 rings (SSSR count). The zero-order valence-corrected chi connectivity index (χ0v) is 27.8. The third-order valence-corrected chi connectivity index (χ3v) is 13.7. The summed E-state index contributed by atoms with van der Waals surface area (Å²) >= 11 is 0. The minimum absolute atomic E-state index is 0.0191. The molecule has 3 unspecified atom stereocenters. The summed E-state index contributed by atoms with van der Waals surface area (Å²) in [6.07, 6.45) is 3.93. The van der Waals surface area contributed by atoms with Crippen LogP contribution in [-0.4, -0.2) is 66.4 Å². The van der Waals surface area contributed by atoms with Crippen molar-refractivity contribution in [1.82, 2.24) is 0 Å². The average molecular weight is 617 g/mol. The van der Waals surface area contributed by atoms with Crippen LogP contribution in [0.2, 0.25) is 0 Å². The summed E-state index contributed by atoms with van der Waals surface area (Å²) in [5.41, 5.74) is -0.820. The molecule has 246 valence electrons. The lowest BCUT2D eigenvalue weighted by atomic mass is 9.33. The third-order valence-electron chi connectivity index (χ3n) is 13.7. The first-order valence-electron chi connectivity index (χ1n) is 16.5. The summed E-state index contributed by atoms with van der Waals surface area (Å²) in [6.45, 7) is 14.6. The van der Waals surface area contributed by atoms with Gasteiger partial charge in [-0.25, -0.2) is 4.79 Å². The Hall–Kier alpha value is -2.26. The second-order valence-electron chi connectivity index (χ2n) is 16.0. The Balaban J connectivity index is 1.47. The Labute approximate surface area is 261 Å². The van der Waals surface area contributed by atoms with E-state index in [-0.39, 0.29) is 46.2 Å². The van der Waals surface area contributed by atoms with E-state index in [2.05, 4.69) is 34.6 Å². The van der Waals surface area contributed by atoms with Crippen molar-refractivity contribution in [2.45, 2.75) is 112 Å². The van der Waals surface area contributed by atoms with E-state index in [1.54, 1.807) is 0 Å². The number of aliphatic hydroxyl groups excluding tert-OH is 2. The van der Waals surface area contributed by atoms with Gasteiger partial charge in [0.05, 0.1) is 13.7 Å². The largest absolute Gasteiger partial charge is 0.508 e. The molecule has 0 amide bonds. The zero-order chi connectivity index (χ0) is 32.6. The molecular weight excluding hydrogens is 564 g/mol. The molecule has 9 atom stereocenters. The summed E-state index contributed by atoms with van der Waals surface area (Å²) in [6, 6.07) is 0. The van der Waals surface area contributed by atoms with Crippen LogP contribution >= 0.6 is 0 Å². The van der Waals surface area contributed by atoms with E-state index in [0.29, 0.717) is 36.7 Å². The number of Topliss-reactive ketones (excluding diaryl/α,β-unsaturated/α-hetero) is 2. The van der Waals surface area contributed by atoms with Crippen LogP contribution in [0, 0.1) is 50.7 Å². The highest BCUT2D eigenvalue weighted by Gasteiger charge is 2.73. The maximum Gasteiger partial charge on any atom is 0.508 e. The second-order valence-corrected chi connectivity index (χ2v) is 16.0. The number of methoxy groups -OCH3 is 1. The van der Waals surface area contributed by atoms with Crippen molar-refractivity contribution in [3.05, 3.63) is 11.1 Å². The molecule has 0 aromatic rings. The lowest BCUT2D eigenvalue weighted by Crippen LogP contribution is -2.66. The molecule has 0 spiro atoms. The molecule has 0 aromatic heterocycles. The maximum atomic E-state index is 13.7. The van der Waals surface area contributed by atoms with Crippen LogP contribution in [-0.2, 0) is 28.6 Å². The first-order chi connectivity index (χ1) is 20.5. The van der Waals surface area contributed by atoms with Gasteiger partial charge in [0.1, 0.15) is 18.8 Å². The van der Waals surface area contributed by atoms with Gasteiger partial charge in [-0.3, -0.25) is 14.4 Å². The fraction of sp³-hybridized carbons (Fsp3) is 0.829. The van der Waals surface area contributed by atoms with Crippen LogP contribution in [0.3, 0.4) is 0 Å². The minimum atomic E-state index is -1.49. The number of hydrogen-bond acceptors (Lipinski definition) is 9. The number of ether oxygens (including phenoxy) is 3. The van der Waals surface area contributed by atoms with Crippen molar-refractivity contribution in [3.8, 4) is 0 Å². The number of allylic oxidation sites excluding steroid dienone is 1. The molecule has 5 aliphatic rings. The van der Waals surface area contributed by atoms with Gasteiger partial charge in [-0.05, 0) is 96.9 Å². The first kappa shape index (κ1) is 33.1. The monoisotopic (exact) mass is 616 g/mol. The summed E-state index contributed by atoms with van der Waals surface area (Å²) in [7, 11) is 1.31. The van der Waals surface area contributed by atoms with Crippen LogP contribution in [0.4, 0.5) is 4.79 Å². The predicted octanol–water partition coefficient (Wildman–Crippen LogP) is 5.19. The molecule has 44 heavy (non-hydrogen) atoms. The molecule has 2 N–H and O–H groups in total. The highest BCUT2D eigenvalue weighted by atomic mass is 16.7. The van der Waals surface area contributed by atoms with Gasteiger partial charge in [-0.1, -0.05) is 48.5 Å². The van der Waals surface area contributed by atoms with E-state index in [9.17, 15) is 24.3 Å². The van der Waals surface area contributed by atoms with Crippen LogP contribution in [0.15, 0.2) is 11.1 Å². The van der Waals surface area contributed by atoms with Crippen molar-refractivity contribution in [3.63, 3.8) is 0 Å². The van der Waals surface area contributed by atoms with E-state index in [1.165, 1.54) is 7.11 Å². The van der Waals surface area contributed by atoms with Gasteiger partial charge in [0, 0.05) is 11.0 Å². The highest BCUT2D eigenvalue weighted by Crippen LogP contribution is 2.76. The summed E-state index contributed by atoms with van der Waals surface area (Å²) < 4.78 is 16.2. The number of rotatable bonds is 6. The normalized spacial score (nSPS) is 41.7. The standard InChI is InChI=1S/C35H52O9/c1-19(2)25-26-21-9-10-23-32(5)13-12-24(44-30(41)43-18-20(37)17-36)31(3,4)22(32)11-14-34(23,7)33(21,6)15-16-35(26,29(40)42-8)28(39)27(25)38/h19-24,36-37H,9-18H2,1-8H3/t20?,21-,22+,23?,24?,32+,33-,34-,35+/m1/s1. The Morgan fingerprint density at radius 1 is 0.909 bits per heavy atom. The number of ketones is 2. The molecule has 0 aliphatic heterocycles. The van der Waals surface area contributed by atoms with E-state index in [1.807, 2.05) is 13.8 Å². The van der Waals surface area contributed by atoms with Gasteiger partial charge in [-0.15, -0.1) is 0 Å². The van der Waals surface area contributed by atoms with Gasteiger partial charge < -0.3 is 24.4 Å². The predicted molar refractivity (Wildman–Crippen MR) is 161 cm³/mol. The molecular formula is C35H52O9. The van der Waals surface area contributed by atoms with Crippen molar-refractivity contribution in [1.29, 1.82) is 0 Å². The van der Waals surface area contributed by atoms with Gasteiger partial charge in [0.15, 0.2) is 5.41 Å². The Morgan fingerprint density at radius 3 is 2.20 bits per heavy atom. The Morgan fingerprint density at radius 2 is 1.59 bits per heavy atom. The number of fused-ring (bicyclic) bond motifs is 7. The third kappa shape index (κ3) is 4.30. The smallest absolute Gasteiger partial charge is 0.468 e. The molecule has 4 saturated carbocycles. The topological polar surface area (TPSA) is 136 Å². The van der Waals surface area contributed by atoms with E-state index >= 15 is 0 Å². The highest BCUT2D eigenvalue weighted by molar-refractivity contribution is 6.52. The summed E-state index contributed by atoms with van der Waals surface area (Å²) in [5.74, 6) is -1.24. The molecule has 0 saturated heterocycles. The quantitative estimate of drug-likeness (QED) is 0.235. The minimum Gasteiger partial charge on any atom is -0.468 e. The molecule has 0 radical (unpaired) electrons. The summed E-state index contributed by atoms with van der Waals surface area (Å²) in [5, 5.41) is 18.6. The maximum absolute atomic E-state index is 13.7. The van der Waals surface area contributed by atoms with E-state index in [0.717, 1.165) is 37.7 Å². The fourth-order valence-electron chi connectivity index (χ4n) is 11.4. The molecule has 5 aliphatic carbocycles. The van der Waals surface area contributed by atoms with Crippen molar-refractivity contribution < 1.29 is 43.6 Å². The average Bonchev–Trinajstić information content (AvgIpc) is 3.20. The number of esters is 1. The van der Waals surface area contributed by atoms with Crippen LogP contribution in [0.1, 0.15) is 99.8 Å². The fourth-order valence-corrected chi connectivity index (χ4v) is 11.4. The Kier molecular flexibility index (Phi) is 8.22. The van der Waals surface area contributed by atoms with Gasteiger partial charge in [0.25, 0.3) is 0 Å². The zero-order valence-electron chi connectivity index (χ0n) is 27.8. The van der Waals surface area contributed by atoms with Gasteiger partial charge in [0.2, 0.25) is 11.6 Å². The SMILES string of the molecule is COC(=O)[C@@]12CC[C@]3(C)[C@H](CCC4[C@@]5(C)CCC(OC(=O)OCC(O)CO)C(C)(C)[C@@H]5CC[C@]43C)C1=C(C(C)C)C(=O)C2=O. The number of aliphatic hydroxyl groups is 2. The van der Waals surface area contributed by atoms with E-state index in [4.69, 9.17) is 19.3 Å². The summed E-state index contributed by atoms with van der Waals surface area (Å²) in [4.78, 5) is 53.1. The molecule has 9 nitrogen and oxygen atoms in total. The van der Waals surface area contributed by atoms with Crippen LogP contribution in [0.5, 0.6) is 0 Å². The van der Waals surface area contributed by atoms with Crippen molar-refractivity contribution >= 4 is 23.7 Å². The van der Waals surface area contributed by atoms with Crippen LogP contribution < -0.4 is 0 Å². The molecule has 0 aromatic carbocycles. The second kappa shape index (κ2) is 10.9. The number of carbonyl (C=O) groups excluding carboxylic acids is 4. The lowest BCUT2D eigenvalue weighted by molar-refractivity contribution is -0.230. The van der Waals surface area contributed by atoms with E-state index < -0.39 is 41.8 Å².